The summed E-state index contributed by atoms with van der Waals surface area (Å²) in [5.41, 5.74) is 0.550. The molecule has 0 bridgehead atoms. The highest BCUT2D eigenvalue weighted by Crippen LogP contribution is 2.11. The van der Waals surface area contributed by atoms with Gasteiger partial charge in [0.05, 0.1) is 12.2 Å². The van der Waals surface area contributed by atoms with Gasteiger partial charge in [0.2, 0.25) is 0 Å². The zero-order valence-corrected chi connectivity index (χ0v) is 10.5. The second-order valence-electron chi connectivity index (χ2n) is 4.18. The van der Waals surface area contributed by atoms with Crippen molar-refractivity contribution in [2.24, 2.45) is 5.92 Å². The van der Waals surface area contributed by atoms with Gasteiger partial charge in [-0.2, -0.15) is 0 Å². The predicted octanol–water partition coefficient (Wildman–Crippen LogP) is 3.93. The van der Waals surface area contributed by atoms with Crippen LogP contribution in [0.1, 0.15) is 37.0 Å². The molecule has 0 heterocycles. The third-order valence-corrected chi connectivity index (χ3v) is 2.49. The first kappa shape index (κ1) is 13.0. The van der Waals surface area contributed by atoms with Gasteiger partial charge in [-0.05, 0) is 43.0 Å². The van der Waals surface area contributed by atoms with Crippen LogP contribution in [0, 0.1) is 5.92 Å². The molecular formula is C13H17ClO2. The van der Waals surface area contributed by atoms with Crippen LogP contribution in [0.25, 0.3) is 0 Å². The van der Waals surface area contributed by atoms with Crippen molar-refractivity contribution in [2.45, 2.75) is 26.7 Å². The molecule has 0 saturated carbocycles. The van der Waals surface area contributed by atoms with Crippen molar-refractivity contribution >= 4 is 17.6 Å². The van der Waals surface area contributed by atoms with Crippen molar-refractivity contribution < 1.29 is 9.53 Å². The van der Waals surface area contributed by atoms with Crippen LogP contribution in [-0.4, -0.2) is 12.6 Å². The maximum atomic E-state index is 11.5. The summed E-state index contributed by atoms with van der Waals surface area (Å²) >= 11 is 5.73. The van der Waals surface area contributed by atoms with Crippen molar-refractivity contribution in [1.29, 1.82) is 0 Å². The van der Waals surface area contributed by atoms with E-state index in [4.69, 9.17) is 16.3 Å². The number of carbonyl (C=O) groups excluding carboxylic acids is 1. The van der Waals surface area contributed by atoms with Crippen LogP contribution in [0.3, 0.4) is 0 Å². The molecule has 0 aromatic heterocycles. The quantitative estimate of drug-likeness (QED) is 0.576. The molecule has 1 aromatic rings. The fourth-order valence-electron chi connectivity index (χ4n) is 1.33. The normalized spacial score (nSPS) is 10.5. The molecule has 0 unspecified atom stereocenters. The van der Waals surface area contributed by atoms with E-state index in [1.54, 1.807) is 24.3 Å². The monoisotopic (exact) mass is 240 g/mol. The highest BCUT2D eigenvalue weighted by Gasteiger charge is 2.06. The Morgan fingerprint density at radius 2 is 1.94 bits per heavy atom. The number of carbonyl (C=O) groups is 1. The molecule has 1 aromatic carbocycles. The Balaban J connectivity index is 2.32. The predicted molar refractivity (Wildman–Crippen MR) is 65.8 cm³/mol. The first-order valence-corrected chi connectivity index (χ1v) is 5.90. The molecule has 0 saturated heterocycles. The van der Waals surface area contributed by atoms with Crippen molar-refractivity contribution in [1.82, 2.24) is 0 Å². The topological polar surface area (TPSA) is 26.3 Å². The molecule has 16 heavy (non-hydrogen) atoms. The smallest absolute Gasteiger partial charge is 0.338 e. The number of hydrogen-bond acceptors (Lipinski definition) is 2. The number of esters is 1. The van der Waals surface area contributed by atoms with Crippen LogP contribution >= 0.6 is 11.6 Å². The number of halogens is 1. The molecule has 0 fully saturated rings. The minimum absolute atomic E-state index is 0.277. The molecule has 3 heteroatoms. The first-order valence-electron chi connectivity index (χ1n) is 5.52. The average Bonchev–Trinajstić information content (AvgIpc) is 2.25. The van der Waals surface area contributed by atoms with Gasteiger partial charge in [0, 0.05) is 5.02 Å². The Hall–Kier alpha value is -1.02. The van der Waals surface area contributed by atoms with E-state index < -0.39 is 0 Å². The van der Waals surface area contributed by atoms with Gasteiger partial charge in [0.15, 0.2) is 0 Å². The molecule has 0 amide bonds. The standard InChI is InChI=1S/C13H17ClO2/c1-10(2)4-3-9-16-13(15)11-5-7-12(14)8-6-11/h5-8,10H,3-4,9H2,1-2H3. The molecule has 0 radical (unpaired) electrons. The van der Waals surface area contributed by atoms with E-state index in [2.05, 4.69) is 13.8 Å². The van der Waals surface area contributed by atoms with Crippen LogP contribution in [0.4, 0.5) is 0 Å². The second-order valence-corrected chi connectivity index (χ2v) is 4.62. The molecule has 0 aliphatic rings. The highest BCUT2D eigenvalue weighted by atomic mass is 35.5. The zero-order valence-electron chi connectivity index (χ0n) is 9.70. The van der Waals surface area contributed by atoms with E-state index in [9.17, 15) is 4.79 Å². The Morgan fingerprint density at radius 1 is 1.31 bits per heavy atom. The second kappa shape index (κ2) is 6.54. The summed E-state index contributed by atoms with van der Waals surface area (Å²) in [6.45, 7) is 4.79. The summed E-state index contributed by atoms with van der Waals surface area (Å²) in [6, 6.07) is 6.72. The molecular weight excluding hydrogens is 224 g/mol. The van der Waals surface area contributed by atoms with Gasteiger partial charge >= 0.3 is 5.97 Å². The van der Waals surface area contributed by atoms with E-state index in [0.717, 1.165) is 12.8 Å². The Labute approximate surface area is 102 Å². The molecule has 0 aliphatic heterocycles. The van der Waals surface area contributed by atoms with E-state index in [1.165, 1.54) is 0 Å². The molecule has 0 spiro atoms. The number of ether oxygens (including phenoxy) is 1. The maximum Gasteiger partial charge on any atom is 0.338 e. The summed E-state index contributed by atoms with van der Waals surface area (Å²) in [7, 11) is 0. The van der Waals surface area contributed by atoms with Gasteiger partial charge < -0.3 is 4.74 Å². The minimum Gasteiger partial charge on any atom is -0.462 e. The molecule has 0 N–H and O–H groups in total. The van der Waals surface area contributed by atoms with Gasteiger partial charge in [-0.25, -0.2) is 4.79 Å². The third kappa shape index (κ3) is 4.67. The van der Waals surface area contributed by atoms with E-state index in [-0.39, 0.29) is 5.97 Å². The number of benzene rings is 1. The lowest BCUT2D eigenvalue weighted by atomic mass is 10.1. The summed E-state index contributed by atoms with van der Waals surface area (Å²) in [5.74, 6) is 0.370. The van der Waals surface area contributed by atoms with Crippen molar-refractivity contribution in [3.05, 3.63) is 34.9 Å². The van der Waals surface area contributed by atoms with Gasteiger partial charge in [0.25, 0.3) is 0 Å². The van der Waals surface area contributed by atoms with Gasteiger partial charge in [-0.15, -0.1) is 0 Å². The van der Waals surface area contributed by atoms with E-state index in [1.807, 2.05) is 0 Å². The SMILES string of the molecule is CC(C)CCCOC(=O)c1ccc(Cl)cc1. The molecule has 88 valence electrons. The summed E-state index contributed by atoms with van der Waals surface area (Å²) in [5, 5.41) is 0.622. The van der Waals surface area contributed by atoms with Crippen molar-refractivity contribution in [3.63, 3.8) is 0 Å². The Bertz CT molecular complexity index is 330. The lowest BCUT2D eigenvalue weighted by Gasteiger charge is -2.06. The fraction of sp³-hybridized carbons (Fsp3) is 0.462. The number of rotatable bonds is 5. The van der Waals surface area contributed by atoms with Crippen LogP contribution in [0.15, 0.2) is 24.3 Å². The average molecular weight is 241 g/mol. The van der Waals surface area contributed by atoms with Gasteiger partial charge in [0.1, 0.15) is 0 Å². The number of hydrogen-bond donors (Lipinski definition) is 0. The summed E-state index contributed by atoms with van der Waals surface area (Å²) in [6.07, 6.45) is 1.99. The highest BCUT2D eigenvalue weighted by molar-refractivity contribution is 6.30. The van der Waals surface area contributed by atoms with Crippen molar-refractivity contribution in [3.8, 4) is 0 Å². The van der Waals surface area contributed by atoms with Gasteiger partial charge in [-0.1, -0.05) is 25.4 Å². The third-order valence-electron chi connectivity index (χ3n) is 2.24. The van der Waals surface area contributed by atoms with Crippen LogP contribution in [0.5, 0.6) is 0 Å². The lowest BCUT2D eigenvalue weighted by molar-refractivity contribution is 0.0495. The summed E-state index contributed by atoms with van der Waals surface area (Å²) in [4.78, 5) is 11.5. The first-order chi connectivity index (χ1) is 7.59. The molecule has 0 aliphatic carbocycles. The molecule has 2 nitrogen and oxygen atoms in total. The van der Waals surface area contributed by atoms with E-state index >= 15 is 0 Å². The maximum absolute atomic E-state index is 11.5. The van der Waals surface area contributed by atoms with Crippen LogP contribution < -0.4 is 0 Å². The van der Waals surface area contributed by atoms with E-state index in [0.29, 0.717) is 23.1 Å². The zero-order chi connectivity index (χ0) is 12.0. The van der Waals surface area contributed by atoms with Crippen LogP contribution in [-0.2, 0) is 4.74 Å². The van der Waals surface area contributed by atoms with Crippen LogP contribution in [0.2, 0.25) is 5.02 Å². The molecule has 1 rings (SSSR count). The minimum atomic E-state index is -0.277. The van der Waals surface area contributed by atoms with Gasteiger partial charge in [-0.3, -0.25) is 0 Å². The largest absolute Gasteiger partial charge is 0.462 e. The Kier molecular flexibility index (Phi) is 5.33. The summed E-state index contributed by atoms with van der Waals surface area (Å²) < 4.78 is 5.14. The molecule has 0 atom stereocenters. The Morgan fingerprint density at radius 3 is 2.50 bits per heavy atom. The van der Waals surface area contributed by atoms with Crippen molar-refractivity contribution in [2.75, 3.05) is 6.61 Å². The fourth-order valence-corrected chi connectivity index (χ4v) is 1.45. The lowest BCUT2D eigenvalue weighted by Crippen LogP contribution is -2.06.